The Labute approximate surface area is 209 Å². The summed E-state index contributed by atoms with van der Waals surface area (Å²) in [7, 11) is 0. The van der Waals surface area contributed by atoms with Crippen molar-refractivity contribution in [3.63, 3.8) is 0 Å². The molecule has 2 aliphatic carbocycles. The maximum Gasteiger partial charge on any atom is 0.342 e. The van der Waals surface area contributed by atoms with Crippen LogP contribution in [0, 0.1) is 11.3 Å². The summed E-state index contributed by atoms with van der Waals surface area (Å²) in [5.74, 6) is -2.71. The van der Waals surface area contributed by atoms with Gasteiger partial charge in [-0.1, -0.05) is 12.5 Å². The maximum absolute atomic E-state index is 13.0. The van der Waals surface area contributed by atoms with Crippen LogP contribution in [0.15, 0.2) is 11.6 Å². The highest BCUT2D eigenvalue weighted by Gasteiger charge is 2.89. The lowest BCUT2D eigenvalue weighted by Crippen LogP contribution is -2.66. The molecule has 3 heterocycles. The zero-order valence-electron chi connectivity index (χ0n) is 21.7. The second-order valence-electron chi connectivity index (χ2n) is 11.4. The number of allylic oxidation sites excluding steroid dienone is 1. The molecule has 0 aromatic rings. The van der Waals surface area contributed by atoms with Crippen LogP contribution >= 0.6 is 0 Å². The van der Waals surface area contributed by atoms with E-state index in [0.717, 1.165) is 5.57 Å². The number of epoxide rings is 2. The smallest absolute Gasteiger partial charge is 0.342 e. The Morgan fingerprint density at radius 2 is 1.58 bits per heavy atom. The Morgan fingerprint density at radius 3 is 2.17 bits per heavy atom. The van der Waals surface area contributed by atoms with Crippen molar-refractivity contribution in [2.45, 2.75) is 115 Å². The van der Waals surface area contributed by atoms with E-state index in [4.69, 9.17) is 28.4 Å². The molecule has 0 bridgehead atoms. The second kappa shape index (κ2) is 7.77. The number of hydrogen-bond donors (Lipinski definition) is 0. The van der Waals surface area contributed by atoms with Crippen molar-refractivity contribution in [3.05, 3.63) is 11.6 Å². The zero-order valence-corrected chi connectivity index (χ0v) is 21.7. The van der Waals surface area contributed by atoms with Gasteiger partial charge < -0.3 is 28.4 Å². The van der Waals surface area contributed by atoms with Crippen LogP contribution in [-0.4, -0.2) is 71.2 Å². The summed E-state index contributed by atoms with van der Waals surface area (Å²) < 4.78 is 36.0. The van der Waals surface area contributed by atoms with E-state index in [2.05, 4.69) is 0 Å². The Hall–Kier alpha value is -2.46. The van der Waals surface area contributed by atoms with Gasteiger partial charge in [0.25, 0.3) is 0 Å². The first kappa shape index (κ1) is 25.2. The van der Waals surface area contributed by atoms with E-state index in [-0.39, 0.29) is 6.10 Å². The largest absolute Gasteiger partial charge is 0.462 e. The molecule has 5 aliphatic rings. The molecule has 1 spiro atoms. The van der Waals surface area contributed by atoms with Gasteiger partial charge in [-0.05, 0) is 39.7 Å². The van der Waals surface area contributed by atoms with Gasteiger partial charge in [0.05, 0.1) is 17.1 Å². The van der Waals surface area contributed by atoms with Crippen LogP contribution in [0.1, 0.15) is 67.7 Å². The van der Waals surface area contributed by atoms with E-state index in [1.54, 1.807) is 6.92 Å². The van der Waals surface area contributed by atoms with Crippen molar-refractivity contribution < 1.29 is 47.6 Å². The van der Waals surface area contributed by atoms with E-state index in [1.807, 2.05) is 26.8 Å². The summed E-state index contributed by atoms with van der Waals surface area (Å²) in [5, 5.41) is 0. The molecule has 36 heavy (non-hydrogen) atoms. The van der Waals surface area contributed by atoms with E-state index in [0.29, 0.717) is 19.3 Å². The Bertz CT molecular complexity index is 1070. The molecule has 0 aromatic carbocycles. The molecule has 0 N–H and O–H groups in total. The standard InChI is InChI=1S/C26H34O10/c1-12-8-9-16(31-13(2)27)23(5)17(32-14(3)28)11-18-24(6,35-18)20(23)21(33-15(4)29)26-19(10-12)34-22(30)25(26,7)36-26/h10,16-21H,8-9,11H2,1-7H3/b12-10-/t16-,17-,18+,19-,20+,21-,23-,24+,25-,26-/m0/s1. The van der Waals surface area contributed by atoms with Crippen LogP contribution < -0.4 is 0 Å². The lowest BCUT2D eigenvalue weighted by atomic mass is 9.53. The number of fused-ring (bicyclic) bond motifs is 3. The van der Waals surface area contributed by atoms with E-state index < -0.39 is 76.4 Å². The molecule has 3 saturated heterocycles. The molecule has 5 rings (SSSR count). The minimum absolute atomic E-state index is 0.283. The molecule has 10 heteroatoms. The van der Waals surface area contributed by atoms with Crippen LogP contribution in [0.4, 0.5) is 0 Å². The third-order valence-corrected chi connectivity index (χ3v) is 9.08. The first-order valence-corrected chi connectivity index (χ1v) is 12.5. The number of ether oxygens (including phenoxy) is 6. The van der Waals surface area contributed by atoms with Gasteiger partial charge >= 0.3 is 23.9 Å². The molecular formula is C26H34O10. The fourth-order valence-corrected chi connectivity index (χ4v) is 7.29. The van der Waals surface area contributed by atoms with Crippen molar-refractivity contribution in [1.29, 1.82) is 0 Å². The maximum atomic E-state index is 13.0. The average Bonchev–Trinajstić information content (AvgIpc) is 3.58. The molecule has 4 fully saturated rings. The zero-order chi connectivity index (χ0) is 26.4. The van der Waals surface area contributed by atoms with Crippen LogP contribution in [0.3, 0.4) is 0 Å². The minimum Gasteiger partial charge on any atom is -0.462 e. The number of carbonyl (C=O) groups is 4. The summed E-state index contributed by atoms with van der Waals surface area (Å²) in [6, 6.07) is 0. The summed E-state index contributed by atoms with van der Waals surface area (Å²) >= 11 is 0. The van der Waals surface area contributed by atoms with Gasteiger partial charge in [0.15, 0.2) is 17.3 Å². The fourth-order valence-electron chi connectivity index (χ4n) is 7.29. The lowest BCUT2D eigenvalue weighted by molar-refractivity contribution is -0.212. The molecule has 1 saturated carbocycles. The molecule has 3 aliphatic heterocycles. The predicted octanol–water partition coefficient (Wildman–Crippen LogP) is 2.16. The molecule has 0 amide bonds. The molecule has 0 unspecified atom stereocenters. The summed E-state index contributed by atoms with van der Waals surface area (Å²) in [6.45, 7) is 11.3. The van der Waals surface area contributed by atoms with E-state index in [1.165, 1.54) is 20.8 Å². The third kappa shape index (κ3) is 3.29. The topological polar surface area (TPSA) is 130 Å². The van der Waals surface area contributed by atoms with Gasteiger partial charge in [0.2, 0.25) is 0 Å². The molecular weight excluding hydrogens is 472 g/mol. The van der Waals surface area contributed by atoms with Crippen molar-refractivity contribution in [1.82, 2.24) is 0 Å². The molecule has 10 nitrogen and oxygen atoms in total. The first-order valence-electron chi connectivity index (χ1n) is 12.5. The Balaban J connectivity index is 1.75. The van der Waals surface area contributed by atoms with Crippen molar-refractivity contribution >= 4 is 23.9 Å². The van der Waals surface area contributed by atoms with E-state index in [9.17, 15) is 19.2 Å². The predicted molar refractivity (Wildman–Crippen MR) is 121 cm³/mol. The quantitative estimate of drug-likeness (QED) is 0.243. The van der Waals surface area contributed by atoms with Crippen LogP contribution in [-0.2, 0) is 47.6 Å². The Morgan fingerprint density at radius 1 is 0.972 bits per heavy atom. The molecule has 198 valence electrons. The van der Waals surface area contributed by atoms with Crippen LogP contribution in [0.25, 0.3) is 0 Å². The fraction of sp³-hybridized carbons (Fsp3) is 0.769. The summed E-state index contributed by atoms with van der Waals surface area (Å²) in [6.07, 6.45) is -0.313. The second-order valence-corrected chi connectivity index (χ2v) is 11.4. The molecule has 0 radical (unpaired) electrons. The summed E-state index contributed by atoms with van der Waals surface area (Å²) in [4.78, 5) is 50.1. The SMILES string of the molecule is CC(=O)O[C@H]1CC/C(C)=C\[C@@H]2OC(=O)[C@]3(C)O[C@]23[C@@H](OC(C)=O)[C@H]2[C@]3(C)O[C@@H]3C[C@H](OC(C)=O)[C@]12C. The van der Waals surface area contributed by atoms with E-state index >= 15 is 0 Å². The third-order valence-electron chi connectivity index (χ3n) is 9.08. The number of esters is 4. The van der Waals surface area contributed by atoms with Crippen molar-refractivity contribution in [2.24, 2.45) is 11.3 Å². The van der Waals surface area contributed by atoms with Crippen molar-refractivity contribution in [3.8, 4) is 0 Å². The molecule has 0 aromatic heterocycles. The summed E-state index contributed by atoms with van der Waals surface area (Å²) in [5.41, 5.74) is -3.59. The lowest BCUT2D eigenvalue weighted by Gasteiger charge is -2.54. The van der Waals surface area contributed by atoms with Gasteiger partial charge in [-0.2, -0.15) is 0 Å². The van der Waals surface area contributed by atoms with Gasteiger partial charge in [-0.15, -0.1) is 0 Å². The first-order chi connectivity index (χ1) is 16.7. The monoisotopic (exact) mass is 506 g/mol. The van der Waals surface area contributed by atoms with Gasteiger partial charge in [0.1, 0.15) is 18.3 Å². The van der Waals surface area contributed by atoms with Gasteiger partial charge in [-0.25, -0.2) is 4.79 Å². The van der Waals surface area contributed by atoms with Gasteiger partial charge in [0, 0.05) is 33.1 Å². The highest BCUT2D eigenvalue weighted by molar-refractivity contribution is 5.89. The van der Waals surface area contributed by atoms with Crippen molar-refractivity contribution in [2.75, 3.05) is 0 Å². The highest BCUT2D eigenvalue weighted by Crippen LogP contribution is 2.69. The minimum atomic E-state index is -1.33. The number of rotatable bonds is 3. The number of hydrogen-bond acceptors (Lipinski definition) is 10. The average molecular weight is 507 g/mol. The number of carbonyl (C=O) groups excluding carboxylic acids is 4. The van der Waals surface area contributed by atoms with Crippen LogP contribution in [0.2, 0.25) is 0 Å². The van der Waals surface area contributed by atoms with Crippen LogP contribution in [0.5, 0.6) is 0 Å². The normalized spacial score (nSPS) is 50.0. The highest BCUT2D eigenvalue weighted by atomic mass is 16.7. The Kier molecular flexibility index (Phi) is 5.44. The molecule has 10 atom stereocenters. The van der Waals surface area contributed by atoms with Gasteiger partial charge in [-0.3, -0.25) is 14.4 Å².